The first-order valence-electron chi connectivity index (χ1n) is 9.80. The number of aromatic nitrogens is 3. The number of alkyl halides is 3. The van der Waals surface area contributed by atoms with Gasteiger partial charge < -0.3 is 10.3 Å². The highest BCUT2D eigenvalue weighted by Gasteiger charge is 2.30. The van der Waals surface area contributed by atoms with E-state index >= 15 is 0 Å². The maximum Gasteiger partial charge on any atom is 0.416 e. The summed E-state index contributed by atoms with van der Waals surface area (Å²) in [5.41, 5.74) is 0.790. The minimum atomic E-state index is -4.46. The van der Waals surface area contributed by atoms with Gasteiger partial charge in [0, 0.05) is 28.2 Å². The number of benzene rings is 2. The molecule has 0 aliphatic heterocycles. The van der Waals surface area contributed by atoms with Crippen molar-refractivity contribution in [2.24, 2.45) is 0 Å². The number of hydrogen-bond donors (Lipinski definition) is 2. The van der Waals surface area contributed by atoms with Crippen LogP contribution in [0.15, 0.2) is 65.7 Å². The molecule has 4 rings (SSSR count). The predicted octanol–water partition coefficient (Wildman–Crippen LogP) is 4.53. The Kier molecular flexibility index (Phi) is 5.33. The van der Waals surface area contributed by atoms with Crippen LogP contribution in [-0.2, 0) is 6.18 Å². The Hall–Kier alpha value is -3.88. The summed E-state index contributed by atoms with van der Waals surface area (Å²) < 4.78 is 40.6. The van der Waals surface area contributed by atoms with Gasteiger partial charge in [0.1, 0.15) is 0 Å². The first-order chi connectivity index (χ1) is 15.2. The Morgan fingerprint density at radius 3 is 2.56 bits per heavy atom. The van der Waals surface area contributed by atoms with Crippen LogP contribution < -0.4 is 10.9 Å². The average Bonchev–Trinajstić information content (AvgIpc) is 3.15. The van der Waals surface area contributed by atoms with Crippen LogP contribution in [0.4, 0.5) is 13.2 Å². The van der Waals surface area contributed by atoms with Gasteiger partial charge in [0.15, 0.2) is 0 Å². The molecule has 2 N–H and O–H groups in total. The van der Waals surface area contributed by atoms with Crippen LogP contribution >= 0.6 is 0 Å². The van der Waals surface area contributed by atoms with Crippen molar-refractivity contribution in [1.82, 2.24) is 20.1 Å². The quantitative estimate of drug-likeness (QED) is 0.489. The summed E-state index contributed by atoms with van der Waals surface area (Å²) in [7, 11) is 0. The monoisotopic (exact) mass is 440 g/mol. The fourth-order valence-corrected chi connectivity index (χ4v) is 3.67. The molecule has 0 bridgehead atoms. The number of hydrogen-bond acceptors (Lipinski definition) is 3. The fourth-order valence-electron chi connectivity index (χ4n) is 3.67. The Balaban J connectivity index is 1.62. The normalized spacial score (nSPS) is 12.7. The number of nitrogens with one attached hydrogen (secondary N) is 2. The van der Waals surface area contributed by atoms with Gasteiger partial charge in [0.2, 0.25) is 0 Å². The van der Waals surface area contributed by atoms with Gasteiger partial charge in [-0.05, 0) is 38.1 Å². The van der Waals surface area contributed by atoms with E-state index in [4.69, 9.17) is 0 Å². The summed E-state index contributed by atoms with van der Waals surface area (Å²) in [6.07, 6.45) is -1.57. The van der Waals surface area contributed by atoms with Gasteiger partial charge in [-0.2, -0.15) is 18.3 Å². The lowest BCUT2D eigenvalue weighted by Gasteiger charge is -2.15. The van der Waals surface area contributed by atoms with Crippen molar-refractivity contribution in [3.05, 3.63) is 93.7 Å². The van der Waals surface area contributed by atoms with Crippen molar-refractivity contribution in [3.63, 3.8) is 0 Å². The molecule has 1 unspecified atom stereocenters. The van der Waals surface area contributed by atoms with Crippen molar-refractivity contribution in [3.8, 4) is 5.69 Å². The lowest BCUT2D eigenvalue weighted by atomic mass is 10.1. The predicted molar refractivity (Wildman–Crippen MR) is 114 cm³/mol. The molecule has 6 nitrogen and oxygen atoms in total. The van der Waals surface area contributed by atoms with Gasteiger partial charge in [-0.25, -0.2) is 4.68 Å². The van der Waals surface area contributed by atoms with Gasteiger partial charge in [0.05, 0.1) is 29.1 Å². The Labute approximate surface area is 180 Å². The largest absolute Gasteiger partial charge is 0.416 e. The van der Waals surface area contributed by atoms with Crippen molar-refractivity contribution < 1.29 is 18.0 Å². The first kappa shape index (κ1) is 21.4. The van der Waals surface area contributed by atoms with Gasteiger partial charge in [0.25, 0.3) is 11.5 Å². The van der Waals surface area contributed by atoms with Crippen LogP contribution in [0.5, 0.6) is 0 Å². The third-order valence-corrected chi connectivity index (χ3v) is 5.33. The molecule has 9 heteroatoms. The molecule has 1 amide bonds. The summed E-state index contributed by atoms with van der Waals surface area (Å²) in [6, 6.07) is 11.2. The Morgan fingerprint density at radius 1 is 1.12 bits per heavy atom. The second-order valence-corrected chi connectivity index (χ2v) is 7.42. The molecule has 2 aromatic carbocycles. The maximum absolute atomic E-state index is 13.1. The van der Waals surface area contributed by atoms with E-state index in [2.05, 4.69) is 15.4 Å². The molecular formula is C23H19F3N4O2. The first-order valence-corrected chi connectivity index (χ1v) is 9.80. The SMILES string of the molecule is Cc1c(C(C)NC(=O)c2c[nH]c(=O)c3ccccc23)cnn1-c1cccc(C(F)(F)F)c1. The number of fused-ring (bicyclic) bond motifs is 1. The lowest BCUT2D eigenvalue weighted by molar-refractivity contribution is -0.137. The molecule has 0 spiro atoms. The number of carbonyl (C=O) groups is 1. The summed E-state index contributed by atoms with van der Waals surface area (Å²) >= 11 is 0. The highest BCUT2D eigenvalue weighted by Crippen LogP contribution is 2.31. The third kappa shape index (κ3) is 3.89. The Morgan fingerprint density at radius 2 is 1.84 bits per heavy atom. The topological polar surface area (TPSA) is 79.8 Å². The van der Waals surface area contributed by atoms with E-state index < -0.39 is 23.7 Å². The van der Waals surface area contributed by atoms with E-state index in [1.165, 1.54) is 29.2 Å². The summed E-state index contributed by atoms with van der Waals surface area (Å²) in [4.78, 5) is 27.5. The van der Waals surface area contributed by atoms with E-state index in [0.29, 0.717) is 27.6 Å². The second kappa shape index (κ2) is 7.99. The molecule has 0 saturated heterocycles. The number of H-pyrrole nitrogens is 1. The van der Waals surface area contributed by atoms with Gasteiger partial charge in [-0.3, -0.25) is 9.59 Å². The lowest BCUT2D eigenvalue weighted by Crippen LogP contribution is -2.28. The van der Waals surface area contributed by atoms with E-state index in [1.54, 1.807) is 38.1 Å². The van der Waals surface area contributed by atoms with Crippen molar-refractivity contribution >= 4 is 16.7 Å². The van der Waals surface area contributed by atoms with Crippen molar-refractivity contribution in [2.45, 2.75) is 26.1 Å². The van der Waals surface area contributed by atoms with E-state index in [1.807, 2.05) is 0 Å². The maximum atomic E-state index is 13.1. The smallest absolute Gasteiger partial charge is 0.345 e. The zero-order valence-electron chi connectivity index (χ0n) is 17.2. The van der Waals surface area contributed by atoms with Gasteiger partial charge in [-0.15, -0.1) is 0 Å². The molecule has 0 aliphatic carbocycles. The molecule has 0 fully saturated rings. The summed E-state index contributed by atoms with van der Waals surface area (Å²) in [5, 5.41) is 8.02. The average molecular weight is 440 g/mol. The molecule has 1 atom stereocenters. The van der Waals surface area contributed by atoms with Crippen LogP contribution in [0.1, 0.15) is 40.1 Å². The Bertz CT molecular complexity index is 1370. The number of amides is 1. The summed E-state index contributed by atoms with van der Waals surface area (Å²) in [5.74, 6) is -0.392. The van der Waals surface area contributed by atoms with Gasteiger partial charge >= 0.3 is 6.18 Å². The molecule has 2 aromatic heterocycles. The van der Waals surface area contributed by atoms with E-state index in [-0.39, 0.29) is 11.2 Å². The van der Waals surface area contributed by atoms with Crippen LogP contribution in [0.3, 0.4) is 0 Å². The standard InChI is InChI=1S/C23H19F3N4O2/c1-13(29-22(32)20-11-27-21(31)18-9-4-3-8-17(18)20)19-12-28-30(14(19)2)16-7-5-6-15(10-16)23(24,25)26/h3-13H,1-2H3,(H,27,31)(H,29,32). The number of halogens is 3. The summed E-state index contributed by atoms with van der Waals surface area (Å²) in [6.45, 7) is 3.48. The van der Waals surface area contributed by atoms with Gasteiger partial charge in [-0.1, -0.05) is 24.3 Å². The van der Waals surface area contributed by atoms with Crippen LogP contribution in [-0.4, -0.2) is 20.7 Å². The highest BCUT2D eigenvalue weighted by atomic mass is 19.4. The highest BCUT2D eigenvalue weighted by molar-refractivity contribution is 6.06. The van der Waals surface area contributed by atoms with Crippen LogP contribution in [0.25, 0.3) is 16.5 Å². The zero-order chi connectivity index (χ0) is 23.0. The number of nitrogens with zero attached hydrogens (tertiary/aromatic N) is 2. The van der Waals surface area contributed by atoms with E-state index in [9.17, 15) is 22.8 Å². The molecule has 2 heterocycles. The number of carbonyl (C=O) groups excluding carboxylic acids is 1. The van der Waals surface area contributed by atoms with E-state index in [0.717, 1.165) is 12.1 Å². The third-order valence-electron chi connectivity index (χ3n) is 5.33. The number of rotatable bonds is 4. The molecular weight excluding hydrogens is 421 g/mol. The second-order valence-electron chi connectivity index (χ2n) is 7.42. The molecule has 32 heavy (non-hydrogen) atoms. The number of aromatic amines is 1. The molecule has 0 saturated carbocycles. The minimum Gasteiger partial charge on any atom is -0.345 e. The zero-order valence-corrected chi connectivity index (χ0v) is 17.2. The molecule has 0 radical (unpaired) electrons. The van der Waals surface area contributed by atoms with Crippen molar-refractivity contribution in [2.75, 3.05) is 0 Å². The fraction of sp³-hybridized carbons (Fsp3) is 0.174. The molecule has 4 aromatic rings. The van der Waals surface area contributed by atoms with Crippen LogP contribution in [0.2, 0.25) is 0 Å². The van der Waals surface area contributed by atoms with Crippen LogP contribution in [0, 0.1) is 6.92 Å². The molecule has 0 aliphatic rings. The van der Waals surface area contributed by atoms with Crippen molar-refractivity contribution in [1.29, 1.82) is 0 Å². The minimum absolute atomic E-state index is 0.272. The number of pyridine rings is 1. The molecule has 164 valence electrons.